The molecule has 0 saturated carbocycles. The van der Waals surface area contributed by atoms with Crippen molar-refractivity contribution in [2.45, 2.75) is 6.92 Å². The van der Waals surface area contributed by atoms with Gasteiger partial charge in [0.15, 0.2) is 5.13 Å². The minimum Gasteiger partial charge on any atom is -0.349 e. The van der Waals surface area contributed by atoms with Gasteiger partial charge in [0.05, 0.1) is 0 Å². The minimum absolute atomic E-state index is 0.00713. The summed E-state index contributed by atoms with van der Waals surface area (Å²) in [6.07, 6.45) is 0. The third-order valence-electron chi connectivity index (χ3n) is 1.60. The zero-order valence-corrected chi connectivity index (χ0v) is 10.2. The molecule has 2 N–H and O–H groups in total. The normalized spacial score (nSPS) is 9.61. The van der Waals surface area contributed by atoms with Crippen molar-refractivity contribution in [1.82, 2.24) is 10.3 Å². The molecule has 0 aliphatic rings. The fourth-order valence-electron chi connectivity index (χ4n) is 0.961. The smallest absolute Gasteiger partial charge is 0.294 e. The van der Waals surface area contributed by atoms with E-state index in [1.54, 1.807) is 0 Å². The van der Waals surface area contributed by atoms with Crippen LogP contribution in [0.1, 0.15) is 17.4 Å². The maximum atomic E-state index is 11.5. The molecule has 9 nitrogen and oxygen atoms in total. The van der Waals surface area contributed by atoms with Crippen molar-refractivity contribution in [3.05, 3.63) is 21.2 Å². The first-order chi connectivity index (χ1) is 8.49. The molecule has 0 fully saturated rings. The monoisotopic (exact) mass is 274 g/mol. The molecule has 98 valence electrons. The molecule has 2 amide bonds. The molecule has 0 saturated heterocycles. The maximum absolute atomic E-state index is 11.5. The quantitative estimate of drug-likeness (QED) is 0.429. The third-order valence-corrected chi connectivity index (χ3v) is 2.36. The molecule has 0 aliphatic heterocycles. The molecule has 0 spiro atoms. The van der Waals surface area contributed by atoms with Gasteiger partial charge in [-0.05, 0) is 0 Å². The van der Waals surface area contributed by atoms with Crippen LogP contribution in [0, 0.1) is 10.1 Å². The third kappa shape index (κ3) is 4.74. The Labute approximate surface area is 105 Å². The number of carbonyl (C=O) groups excluding carboxylic acids is 2. The van der Waals surface area contributed by atoms with Gasteiger partial charge in [0.1, 0.15) is 12.3 Å². The molecule has 1 rings (SSSR count). The number of hydrogen-bond donors (Lipinski definition) is 2. The Bertz CT molecular complexity index is 460. The van der Waals surface area contributed by atoms with Gasteiger partial charge in [-0.1, -0.05) is 0 Å². The molecule has 1 aromatic heterocycles. The molecule has 18 heavy (non-hydrogen) atoms. The minimum atomic E-state index is -0.941. The van der Waals surface area contributed by atoms with Gasteiger partial charge < -0.3 is 15.5 Å². The predicted molar refractivity (Wildman–Crippen MR) is 61.7 cm³/mol. The van der Waals surface area contributed by atoms with Crippen LogP contribution in [0.2, 0.25) is 0 Å². The van der Waals surface area contributed by atoms with Gasteiger partial charge in [-0.3, -0.25) is 9.59 Å². The largest absolute Gasteiger partial charge is 0.349 e. The van der Waals surface area contributed by atoms with Crippen molar-refractivity contribution in [3.63, 3.8) is 0 Å². The summed E-state index contributed by atoms with van der Waals surface area (Å²) in [5.74, 6) is -0.773. The van der Waals surface area contributed by atoms with E-state index in [-0.39, 0.29) is 24.8 Å². The van der Waals surface area contributed by atoms with Crippen LogP contribution in [0.4, 0.5) is 5.13 Å². The summed E-state index contributed by atoms with van der Waals surface area (Å²) in [7, 11) is 0. The number of nitrogens with one attached hydrogen (secondary N) is 2. The van der Waals surface area contributed by atoms with Gasteiger partial charge in [0.2, 0.25) is 5.91 Å². The van der Waals surface area contributed by atoms with E-state index >= 15 is 0 Å². The topological polar surface area (TPSA) is 123 Å². The first kappa shape index (κ1) is 13.8. The van der Waals surface area contributed by atoms with Crippen LogP contribution < -0.4 is 10.6 Å². The van der Waals surface area contributed by atoms with Crippen LogP contribution in [-0.4, -0.2) is 35.0 Å². The van der Waals surface area contributed by atoms with Crippen LogP contribution in [0.3, 0.4) is 0 Å². The highest BCUT2D eigenvalue weighted by molar-refractivity contribution is 7.14. The fraction of sp³-hybridized carbons (Fsp3) is 0.375. The summed E-state index contributed by atoms with van der Waals surface area (Å²) in [5, 5.41) is 15.5. The SMILES string of the molecule is CC(=O)Nc1nc(C(=O)NCCO[N+](=O)[O-])cs1. The Morgan fingerprint density at radius 2 is 2.33 bits per heavy atom. The lowest BCUT2D eigenvalue weighted by atomic mass is 10.4. The lowest BCUT2D eigenvalue weighted by Crippen LogP contribution is -2.28. The average molecular weight is 274 g/mol. The second-order valence-electron chi connectivity index (χ2n) is 3.03. The number of aromatic nitrogens is 1. The van der Waals surface area contributed by atoms with E-state index in [1.807, 2.05) is 0 Å². The Balaban J connectivity index is 2.39. The standard InChI is InChI=1S/C8H10N4O5S/c1-5(13)10-8-11-6(4-18-8)7(14)9-2-3-17-12(15)16/h4H,2-3H2,1H3,(H,9,14)(H,10,11,13). The molecular weight excluding hydrogens is 264 g/mol. The lowest BCUT2D eigenvalue weighted by molar-refractivity contribution is -0.757. The van der Waals surface area contributed by atoms with E-state index in [4.69, 9.17) is 0 Å². The molecule has 0 unspecified atom stereocenters. The van der Waals surface area contributed by atoms with Crippen molar-refractivity contribution in [2.75, 3.05) is 18.5 Å². The van der Waals surface area contributed by atoms with E-state index < -0.39 is 11.0 Å². The van der Waals surface area contributed by atoms with Crippen LogP contribution in [-0.2, 0) is 9.63 Å². The van der Waals surface area contributed by atoms with Crippen LogP contribution in [0.5, 0.6) is 0 Å². The van der Waals surface area contributed by atoms with Gasteiger partial charge in [-0.15, -0.1) is 21.5 Å². The number of nitrogens with zero attached hydrogens (tertiary/aromatic N) is 2. The first-order valence-corrected chi connectivity index (χ1v) is 5.65. The number of rotatable bonds is 6. The molecule has 1 aromatic rings. The van der Waals surface area contributed by atoms with E-state index in [0.717, 1.165) is 11.3 Å². The summed E-state index contributed by atoms with van der Waals surface area (Å²) < 4.78 is 0. The fourth-order valence-corrected chi connectivity index (χ4v) is 1.70. The molecule has 0 aliphatic carbocycles. The molecule has 0 bridgehead atoms. The Morgan fingerprint density at radius 3 is 2.94 bits per heavy atom. The molecule has 10 heteroatoms. The zero-order chi connectivity index (χ0) is 13.5. The first-order valence-electron chi connectivity index (χ1n) is 4.77. The summed E-state index contributed by atoms with van der Waals surface area (Å²) in [6.45, 7) is 1.09. The number of carbonyl (C=O) groups is 2. The Hall–Kier alpha value is -2.23. The average Bonchev–Trinajstić information content (AvgIpc) is 2.71. The predicted octanol–water partition coefficient (Wildman–Crippen LogP) is 0.0396. The highest BCUT2D eigenvalue weighted by Gasteiger charge is 2.10. The summed E-state index contributed by atoms with van der Waals surface area (Å²) in [4.78, 5) is 39.9. The highest BCUT2D eigenvalue weighted by atomic mass is 32.1. The number of thiazole rings is 1. The number of amides is 2. The second-order valence-corrected chi connectivity index (χ2v) is 3.89. The van der Waals surface area contributed by atoms with Gasteiger partial charge in [-0.25, -0.2) is 4.98 Å². The molecule has 0 aromatic carbocycles. The number of anilines is 1. The van der Waals surface area contributed by atoms with Gasteiger partial charge >= 0.3 is 0 Å². The maximum Gasteiger partial charge on any atom is 0.294 e. The van der Waals surface area contributed by atoms with Crippen molar-refractivity contribution < 1.29 is 19.5 Å². The van der Waals surface area contributed by atoms with Crippen molar-refractivity contribution >= 4 is 28.3 Å². The molecule has 1 heterocycles. The zero-order valence-electron chi connectivity index (χ0n) is 9.34. The molecule has 0 atom stereocenters. The van der Waals surface area contributed by atoms with Gasteiger partial charge in [0, 0.05) is 18.8 Å². The van der Waals surface area contributed by atoms with E-state index in [9.17, 15) is 19.7 Å². The summed E-state index contributed by atoms with van der Waals surface area (Å²) in [5.41, 5.74) is 0.129. The Morgan fingerprint density at radius 1 is 1.61 bits per heavy atom. The van der Waals surface area contributed by atoms with Gasteiger partial charge in [0.25, 0.3) is 11.0 Å². The summed E-state index contributed by atoms with van der Waals surface area (Å²) in [6, 6.07) is 0. The van der Waals surface area contributed by atoms with Gasteiger partial charge in [-0.2, -0.15) is 0 Å². The lowest BCUT2D eigenvalue weighted by Gasteiger charge is -2.01. The van der Waals surface area contributed by atoms with Crippen LogP contribution >= 0.6 is 11.3 Å². The van der Waals surface area contributed by atoms with Crippen molar-refractivity contribution in [3.8, 4) is 0 Å². The van der Waals surface area contributed by atoms with E-state index in [2.05, 4.69) is 20.5 Å². The van der Waals surface area contributed by atoms with E-state index in [1.165, 1.54) is 12.3 Å². The molecular formula is C8H10N4O5S. The number of hydrogen-bond acceptors (Lipinski definition) is 7. The van der Waals surface area contributed by atoms with E-state index in [0.29, 0.717) is 5.13 Å². The Kier molecular flexibility index (Phi) is 4.99. The van der Waals surface area contributed by atoms with Crippen molar-refractivity contribution in [2.24, 2.45) is 0 Å². The van der Waals surface area contributed by atoms with Crippen LogP contribution in [0.25, 0.3) is 0 Å². The summed E-state index contributed by atoms with van der Waals surface area (Å²) >= 11 is 1.11. The second kappa shape index (κ2) is 6.49. The van der Waals surface area contributed by atoms with Crippen LogP contribution in [0.15, 0.2) is 5.38 Å². The highest BCUT2D eigenvalue weighted by Crippen LogP contribution is 2.14. The molecule has 0 radical (unpaired) electrons. The van der Waals surface area contributed by atoms with Crippen molar-refractivity contribution in [1.29, 1.82) is 0 Å².